The van der Waals surface area contributed by atoms with Crippen molar-refractivity contribution in [3.63, 3.8) is 0 Å². The van der Waals surface area contributed by atoms with Crippen LogP contribution >= 0.6 is 23.2 Å². The number of aromatic nitrogens is 2. The molecule has 1 aromatic heterocycles. The zero-order valence-electron chi connectivity index (χ0n) is 10.3. The van der Waals surface area contributed by atoms with E-state index in [0.717, 1.165) is 21.7 Å². The van der Waals surface area contributed by atoms with Crippen molar-refractivity contribution in [3.8, 4) is 11.6 Å². The number of halogens is 2. The molecule has 0 spiro atoms. The average Bonchev–Trinajstić information content (AvgIpc) is 2.31. The van der Waals surface area contributed by atoms with Gasteiger partial charge >= 0.3 is 0 Å². The molecule has 18 heavy (non-hydrogen) atoms. The molecule has 0 aliphatic carbocycles. The van der Waals surface area contributed by atoms with E-state index >= 15 is 0 Å². The minimum Gasteiger partial charge on any atom is -0.439 e. The Labute approximate surface area is 116 Å². The van der Waals surface area contributed by atoms with Gasteiger partial charge in [-0.15, -0.1) is 0 Å². The van der Waals surface area contributed by atoms with Gasteiger partial charge < -0.3 is 4.74 Å². The number of benzene rings is 1. The van der Waals surface area contributed by atoms with Crippen LogP contribution in [0.3, 0.4) is 0 Å². The van der Waals surface area contributed by atoms with E-state index in [1.54, 1.807) is 6.20 Å². The zero-order chi connectivity index (χ0) is 13.3. The number of aryl methyl sites for hydroxylation is 3. The van der Waals surface area contributed by atoms with Gasteiger partial charge in [0.2, 0.25) is 11.2 Å². The molecular weight excluding hydrogens is 271 g/mol. The highest BCUT2D eigenvalue weighted by molar-refractivity contribution is 6.32. The standard InChI is InChI=1S/C13H12Cl2N2O/c1-7-4-10(5-8(2)11(7)14)18-12-9(3)6-16-13(15)17-12/h4-6H,1-3H3. The van der Waals surface area contributed by atoms with Crippen molar-refractivity contribution in [1.29, 1.82) is 0 Å². The van der Waals surface area contributed by atoms with Gasteiger partial charge in [-0.25, -0.2) is 4.98 Å². The maximum absolute atomic E-state index is 6.11. The van der Waals surface area contributed by atoms with Crippen molar-refractivity contribution in [2.45, 2.75) is 20.8 Å². The molecule has 0 amide bonds. The van der Waals surface area contributed by atoms with Crippen molar-refractivity contribution < 1.29 is 4.74 Å². The summed E-state index contributed by atoms with van der Waals surface area (Å²) in [5, 5.41) is 0.915. The van der Waals surface area contributed by atoms with Crippen molar-refractivity contribution in [2.24, 2.45) is 0 Å². The maximum atomic E-state index is 6.11. The minimum absolute atomic E-state index is 0.165. The molecule has 5 heteroatoms. The van der Waals surface area contributed by atoms with Gasteiger partial charge in [0.05, 0.1) is 0 Å². The van der Waals surface area contributed by atoms with Crippen LogP contribution in [0.15, 0.2) is 18.3 Å². The summed E-state index contributed by atoms with van der Waals surface area (Å²) in [4.78, 5) is 7.93. The summed E-state index contributed by atoms with van der Waals surface area (Å²) in [5.74, 6) is 1.14. The van der Waals surface area contributed by atoms with E-state index in [0.29, 0.717) is 11.6 Å². The Kier molecular flexibility index (Phi) is 3.73. The molecule has 2 aromatic rings. The van der Waals surface area contributed by atoms with E-state index in [1.807, 2.05) is 32.9 Å². The van der Waals surface area contributed by atoms with Gasteiger partial charge in [0.1, 0.15) is 5.75 Å². The third-order valence-electron chi connectivity index (χ3n) is 2.52. The van der Waals surface area contributed by atoms with Crippen molar-refractivity contribution in [2.75, 3.05) is 0 Å². The van der Waals surface area contributed by atoms with Crippen LogP contribution in [0.1, 0.15) is 16.7 Å². The van der Waals surface area contributed by atoms with Crippen LogP contribution in [0.2, 0.25) is 10.3 Å². The largest absolute Gasteiger partial charge is 0.439 e. The normalized spacial score (nSPS) is 10.5. The van der Waals surface area contributed by atoms with E-state index < -0.39 is 0 Å². The summed E-state index contributed by atoms with van der Waals surface area (Å²) in [6.07, 6.45) is 1.63. The highest BCUT2D eigenvalue weighted by Gasteiger charge is 2.08. The van der Waals surface area contributed by atoms with Gasteiger partial charge in [0, 0.05) is 16.8 Å². The Morgan fingerprint density at radius 3 is 2.22 bits per heavy atom. The lowest BCUT2D eigenvalue weighted by Gasteiger charge is -2.10. The summed E-state index contributed by atoms with van der Waals surface area (Å²) < 4.78 is 5.71. The molecule has 1 aromatic carbocycles. The fourth-order valence-corrected chi connectivity index (χ4v) is 1.82. The van der Waals surface area contributed by atoms with Gasteiger partial charge in [-0.2, -0.15) is 4.98 Å². The second-order valence-electron chi connectivity index (χ2n) is 4.10. The monoisotopic (exact) mass is 282 g/mol. The fourth-order valence-electron chi connectivity index (χ4n) is 1.59. The first-order valence-corrected chi connectivity index (χ1v) is 6.16. The van der Waals surface area contributed by atoms with Crippen LogP contribution in [0.4, 0.5) is 0 Å². The van der Waals surface area contributed by atoms with E-state index in [9.17, 15) is 0 Å². The highest BCUT2D eigenvalue weighted by Crippen LogP contribution is 2.29. The van der Waals surface area contributed by atoms with Gasteiger partial charge in [0.25, 0.3) is 0 Å². The topological polar surface area (TPSA) is 35.0 Å². The van der Waals surface area contributed by atoms with E-state index in [2.05, 4.69) is 9.97 Å². The molecule has 2 rings (SSSR count). The first-order valence-electron chi connectivity index (χ1n) is 5.41. The Balaban J connectivity index is 2.37. The first-order chi connectivity index (χ1) is 8.47. The van der Waals surface area contributed by atoms with Crippen LogP contribution in [0, 0.1) is 20.8 Å². The lowest BCUT2D eigenvalue weighted by atomic mass is 10.1. The molecule has 0 fully saturated rings. The third-order valence-corrected chi connectivity index (χ3v) is 3.30. The highest BCUT2D eigenvalue weighted by atomic mass is 35.5. The number of ether oxygens (including phenoxy) is 1. The predicted octanol–water partition coefficient (Wildman–Crippen LogP) is 4.50. The summed E-state index contributed by atoms with van der Waals surface area (Å²) in [6, 6.07) is 3.73. The molecule has 0 aliphatic rings. The smallest absolute Gasteiger partial charge is 0.226 e. The molecule has 0 atom stereocenters. The van der Waals surface area contributed by atoms with E-state index in [-0.39, 0.29) is 5.28 Å². The molecule has 94 valence electrons. The summed E-state index contributed by atoms with van der Waals surface area (Å²) >= 11 is 11.9. The number of hydrogen-bond acceptors (Lipinski definition) is 3. The summed E-state index contributed by atoms with van der Waals surface area (Å²) in [5.41, 5.74) is 2.75. The molecule has 0 bridgehead atoms. The van der Waals surface area contributed by atoms with Crippen LogP contribution < -0.4 is 4.74 Å². The second-order valence-corrected chi connectivity index (χ2v) is 4.82. The summed E-state index contributed by atoms with van der Waals surface area (Å²) in [6.45, 7) is 5.73. The Morgan fingerprint density at radius 1 is 1.00 bits per heavy atom. The Hall–Kier alpha value is -1.32. The second kappa shape index (κ2) is 5.12. The number of hydrogen-bond donors (Lipinski definition) is 0. The summed E-state index contributed by atoms with van der Waals surface area (Å²) in [7, 11) is 0. The SMILES string of the molecule is Cc1cnc(Cl)nc1Oc1cc(C)c(Cl)c(C)c1. The molecule has 0 unspecified atom stereocenters. The van der Waals surface area contributed by atoms with E-state index in [4.69, 9.17) is 27.9 Å². The molecule has 0 aliphatic heterocycles. The molecule has 3 nitrogen and oxygen atoms in total. The minimum atomic E-state index is 0.165. The molecule has 0 N–H and O–H groups in total. The average molecular weight is 283 g/mol. The van der Waals surface area contributed by atoms with Crippen molar-refractivity contribution in [1.82, 2.24) is 9.97 Å². The van der Waals surface area contributed by atoms with Gasteiger partial charge in [-0.05, 0) is 55.6 Å². The van der Waals surface area contributed by atoms with Crippen LogP contribution in [-0.2, 0) is 0 Å². The Morgan fingerprint density at radius 2 is 1.61 bits per heavy atom. The Bertz CT molecular complexity index is 577. The van der Waals surface area contributed by atoms with Crippen LogP contribution in [0.5, 0.6) is 11.6 Å². The van der Waals surface area contributed by atoms with Gasteiger partial charge in [-0.3, -0.25) is 0 Å². The van der Waals surface area contributed by atoms with Crippen molar-refractivity contribution >= 4 is 23.2 Å². The fraction of sp³-hybridized carbons (Fsp3) is 0.231. The number of nitrogens with zero attached hydrogens (tertiary/aromatic N) is 2. The lowest BCUT2D eigenvalue weighted by molar-refractivity contribution is 0.456. The third kappa shape index (κ3) is 2.74. The molecule has 0 radical (unpaired) electrons. The van der Waals surface area contributed by atoms with Gasteiger partial charge in [-0.1, -0.05) is 11.6 Å². The quantitative estimate of drug-likeness (QED) is 0.761. The first kappa shape index (κ1) is 13.1. The van der Waals surface area contributed by atoms with Crippen LogP contribution in [0.25, 0.3) is 0 Å². The molecule has 0 saturated carbocycles. The maximum Gasteiger partial charge on any atom is 0.226 e. The molecular formula is C13H12Cl2N2O. The molecule has 1 heterocycles. The number of rotatable bonds is 2. The van der Waals surface area contributed by atoms with Gasteiger partial charge in [0.15, 0.2) is 0 Å². The van der Waals surface area contributed by atoms with Crippen molar-refractivity contribution in [3.05, 3.63) is 45.3 Å². The predicted molar refractivity (Wildman–Crippen MR) is 72.8 cm³/mol. The van der Waals surface area contributed by atoms with E-state index in [1.165, 1.54) is 0 Å². The lowest BCUT2D eigenvalue weighted by Crippen LogP contribution is -1.94. The zero-order valence-corrected chi connectivity index (χ0v) is 11.8. The molecule has 0 saturated heterocycles. The van der Waals surface area contributed by atoms with Crippen LogP contribution in [-0.4, -0.2) is 9.97 Å².